The molecule has 0 aliphatic heterocycles. The van der Waals surface area contributed by atoms with E-state index in [1.807, 2.05) is 0 Å². The van der Waals surface area contributed by atoms with Gasteiger partial charge in [0.05, 0.1) is 27.8 Å². The fourth-order valence-corrected chi connectivity index (χ4v) is 6.73. The first-order valence-electron chi connectivity index (χ1n) is 15.0. The predicted molar refractivity (Wildman–Crippen MR) is 184 cm³/mol. The quantitative estimate of drug-likeness (QED) is 0.210. The van der Waals surface area contributed by atoms with E-state index in [1.165, 1.54) is 43.7 Å². The lowest BCUT2D eigenvalue weighted by molar-refractivity contribution is 1.08. The van der Waals surface area contributed by atoms with E-state index in [2.05, 4.69) is 173 Å². The maximum absolute atomic E-state index is 5.28. The van der Waals surface area contributed by atoms with Crippen LogP contribution in [0.3, 0.4) is 0 Å². The van der Waals surface area contributed by atoms with E-state index in [0.717, 1.165) is 33.8 Å². The van der Waals surface area contributed by atoms with Gasteiger partial charge >= 0.3 is 0 Å². The Morgan fingerprint density at radius 1 is 0.341 bits per heavy atom. The van der Waals surface area contributed by atoms with E-state index in [0.29, 0.717) is 0 Å². The van der Waals surface area contributed by atoms with Crippen molar-refractivity contribution in [2.24, 2.45) is 0 Å². The molecule has 3 nitrogen and oxygen atoms in total. The molecule has 0 bridgehead atoms. The fraction of sp³-hybridized carbons (Fsp3) is 0. The average Bonchev–Trinajstić information content (AvgIpc) is 3.60. The second-order valence-electron chi connectivity index (χ2n) is 11.3. The highest BCUT2D eigenvalue weighted by atomic mass is 15.1. The summed E-state index contributed by atoms with van der Waals surface area (Å²) in [5.41, 5.74) is 10.3. The minimum atomic E-state index is 0.903. The van der Waals surface area contributed by atoms with Gasteiger partial charge in [0.1, 0.15) is 5.82 Å². The molecule has 0 N–H and O–H groups in total. The summed E-state index contributed by atoms with van der Waals surface area (Å²) in [7, 11) is 0. The minimum absolute atomic E-state index is 0.903. The third-order valence-electron chi connectivity index (χ3n) is 8.71. The molecule has 0 atom stereocenters. The Balaban J connectivity index is 1.30. The highest BCUT2D eigenvalue weighted by Crippen LogP contribution is 2.39. The van der Waals surface area contributed by atoms with Gasteiger partial charge in [-0.3, -0.25) is 4.57 Å². The number of hydrogen-bond acceptors (Lipinski definition) is 1. The van der Waals surface area contributed by atoms with Crippen LogP contribution in [0.5, 0.6) is 0 Å². The van der Waals surface area contributed by atoms with Gasteiger partial charge in [-0.15, -0.1) is 0 Å². The number of benzene rings is 6. The largest absolute Gasteiger partial charge is 0.309 e. The Kier molecular flexibility index (Phi) is 5.50. The number of aromatic nitrogens is 3. The van der Waals surface area contributed by atoms with E-state index < -0.39 is 0 Å². The van der Waals surface area contributed by atoms with Crippen LogP contribution in [0.15, 0.2) is 164 Å². The van der Waals surface area contributed by atoms with E-state index in [1.54, 1.807) is 0 Å². The SMILES string of the molecule is c1ccc(-c2cccc(-c3cccc(-n4c5ccccc5c5cc6c7ccccc7n(-c7ccccc7)c6cc54)n3)c2)cc1. The van der Waals surface area contributed by atoms with Gasteiger partial charge in [0.15, 0.2) is 0 Å². The number of hydrogen-bond donors (Lipinski definition) is 0. The molecule has 0 saturated heterocycles. The molecule has 0 unspecified atom stereocenters. The van der Waals surface area contributed by atoms with E-state index in [-0.39, 0.29) is 0 Å². The van der Waals surface area contributed by atoms with E-state index in [4.69, 9.17) is 4.98 Å². The lowest BCUT2D eigenvalue weighted by atomic mass is 10.0. The first kappa shape index (κ1) is 24.6. The highest BCUT2D eigenvalue weighted by Gasteiger charge is 2.19. The molecule has 0 radical (unpaired) electrons. The normalized spacial score (nSPS) is 11.6. The summed E-state index contributed by atoms with van der Waals surface area (Å²) in [5, 5.41) is 4.95. The number of fused-ring (bicyclic) bond motifs is 6. The zero-order chi connectivity index (χ0) is 29.0. The zero-order valence-corrected chi connectivity index (χ0v) is 23.9. The highest BCUT2D eigenvalue weighted by molar-refractivity contribution is 6.19. The van der Waals surface area contributed by atoms with E-state index in [9.17, 15) is 0 Å². The molecule has 0 fully saturated rings. The molecular formula is C41H27N3. The first-order chi connectivity index (χ1) is 21.8. The van der Waals surface area contributed by atoms with Gasteiger partial charge in [0.25, 0.3) is 0 Å². The van der Waals surface area contributed by atoms with Crippen LogP contribution in [-0.2, 0) is 0 Å². The van der Waals surface area contributed by atoms with Crippen molar-refractivity contribution < 1.29 is 0 Å². The molecule has 0 aliphatic rings. The summed E-state index contributed by atoms with van der Waals surface area (Å²) >= 11 is 0. The van der Waals surface area contributed by atoms with Crippen LogP contribution in [0.2, 0.25) is 0 Å². The maximum atomic E-state index is 5.28. The second-order valence-corrected chi connectivity index (χ2v) is 11.3. The Morgan fingerprint density at radius 2 is 0.909 bits per heavy atom. The molecule has 0 saturated carbocycles. The van der Waals surface area contributed by atoms with Crippen LogP contribution in [-0.4, -0.2) is 14.1 Å². The zero-order valence-electron chi connectivity index (χ0n) is 23.9. The fourth-order valence-electron chi connectivity index (χ4n) is 6.73. The van der Waals surface area contributed by atoms with Crippen molar-refractivity contribution in [2.45, 2.75) is 0 Å². The summed E-state index contributed by atoms with van der Waals surface area (Å²) in [4.78, 5) is 5.28. The summed E-state index contributed by atoms with van der Waals surface area (Å²) in [6.45, 7) is 0. The molecule has 6 aromatic carbocycles. The van der Waals surface area contributed by atoms with Crippen LogP contribution < -0.4 is 0 Å². The van der Waals surface area contributed by atoms with Gasteiger partial charge < -0.3 is 4.57 Å². The van der Waals surface area contributed by atoms with Crippen molar-refractivity contribution in [3.05, 3.63) is 164 Å². The number of rotatable bonds is 4. The maximum Gasteiger partial charge on any atom is 0.138 e. The second kappa shape index (κ2) is 9.82. The van der Waals surface area contributed by atoms with Gasteiger partial charge in [0.2, 0.25) is 0 Å². The van der Waals surface area contributed by atoms with Gasteiger partial charge in [-0.1, -0.05) is 109 Å². The average molecular weight is 562 g/mol. The monoisotopic (exact) mass is 561 g/mol. The van der Waals surface area contributed by atoms with Crippen molar-refractivity contribution >= 4 is 43.6 Å². The van der Waals surface area contributed by atoms with Crippen LogP contribution in [0.1, 0.15) is 0 Å². The molecule has 0 spiro atoms. The molecule has 3 aromatic heterocycles. The van der Waals surface area contributed by atoms with Crippen LogP contribution in [0.25, 0.3) is 77.5 Å². The third-order valence-corrected chi connectivity index (χ3v) is 8.71. The summed E-state index contributed by atoms with van der Waals surface area (Å²) in [5.74, 6) is 0.903. The lowest BCUT2D eigenvalue weighted by Crippen LogP contribution is -1.99. The van der Waals surface area contributed by atoms with Crippen molar-refractivity contribution in [2.75, 3.05) is 0 Å². The van der Waals surface area contributed by atoms with Gasteiger partial charge in [0, 0.05) is 32.8 Å². The van der Waals surface area contributed by atoms with Crippen LogP contribution in [0, 0.1) is 0 Å². The topological polar surface area (TPSA) is 22.8 Å². The Bertz CT molecular complexity index is 2480. The molecular weight excluding hydrogens is 534 g/mol. The van der Waals surface area contributed by atoms with Crippen molar-refractivity contribution in [1.82, 2.24) is 14.1 Å². The first-order valence-corrected chi connectivity index (χ1v) is 15.0. The van der Waals surface area contributed by atoms with Gasteiger partial charge in [-0.05, 0) is 65.7 Å². The molecule has 9 rings (SSSR count). The summed E-state index contributed by atoms with van der Waals surface area (Å²) in [6.07, 6.45) is 0. The minimum Gasteiger partial charge on any atom is -0.309 e. The molecule has 206 valence electrons. The van der Waals surface area contributed by atoms with Gasteiger partial charge in [-0.2, -0.15) is 0 Å². The molecule has 3 heterocycles. The third kappa shape index (κ3) is 3.80. The van der Waals surface area contributed by atoms with Crippen molar-refractivity contribution in [3.8, 4) is 33.9 Å². The Morgan fingerprint density at radius 3 is 1.66 bits per heavy atom. The van der Waals surface area contributed by atoms with Gasteiger partial charge in [-0.25, -0.2) is 4.98 Å². The molecule has 0 aliphatic carbocycles. The van der Waals surface area contributed by atoms with Crippen LogP contribution in [0.4, 0.5) is 0 Å². The van der Waals surface area contributed by atoms with E-state index >= 15 is 0 Å². The Labute approximate surface area is 254 Å². The summed E-state index contributed by atoms with van der Waals surface area (Å²) in [6, 6.07) is 58.2. The summed E-state index contributed by atoms with van der Waals surface area (Å²) < 4.78 is 4.70. The smallest absolute Gasteiger partial charge is 0.138 e. The predicted octanol–water partition coefficient (Wildman–Crippen LogP) is 10.6. The standard InChI is InChI=1S/C41H27N3/c1-3-13-28(14-4-1)29-15-11-16-30(25-29)36-21-12-24-41(42-36)44-38-23-10-8-20-33(38)35-26-34-32-19-7-9-22-37(32)43(39(34)27-40(35)44)31-17-5-2-6-18-31/h1-27H. The number of para-hydroxylation sites is 3. The molecule has 0 amide bonds. The van der Waals surface area contributed by atoms with Crippen LogP contribution >= 0.6 is 0 Å². The number of nitrogens with zero attached hydrogens (tertiary/aromatic N) is 3. The molecule has 9 aromatic rings. The molecule has 44 heavy (non-hydrogen) atoms. The number of pyridine rings is 1. The Hall–Kier alpha value is -5.93. The molecule has 3 heteroatoms. The lowest BCUT2D eigenvalue weighted by Gasteiger charge is -2.11. The van der Waals surface area contributed by atoms with Crippen molar-refractivity contribution in [3.63, 3.8) is 0 Å². The van der Waals surface area contributed by atoms with Crippen molar-refractivity contribution in [1.29, 1.82) is 0 Å².